The Morgan fingerprint density at radius 2 is 2.05 bits per heavy atom. The third-order valence-corrected chi connectivity index (χ3v) is 3.58. The Morgan fingerprint density at radius 1 is 1.40 bits per heavy atom. The van der Waals surface area contributed by atoms with Crippen molar-refractivity contribution in [3.05, 3.63) is 38.4 Å². The van der Waals surface area contributed by atoms with E-state index in [1.54, 1.807) is 12.1 Å². The standard InChI is InChI=1S/C13H13ClIN3O2/c1-13(2,3)12-16-10(11(19)20)17-18(12)9-5-4-7(15)6-8(9)14/h4-6H,1-3H3,(H,19,20). The molecular formula is C13H13ClIN3O2. The van der Waals surface area contributed by atoms with Crippen molar-refractivity contribution >= 4 is 40.2 Å². The lowest BCUT2D eigenvalue weighted by Crippen LogP contribution is -2.19. The van der Waals surface area contributed by atoms with Gasteiger partial charge in [0.25, 0.3) is 5.82 Å². The van der Waals surface area contributed by atoms with Crippen molar-refractivity contribution < 1.29 is 9.90 Å². The SMILES string of the molecule is CC(C)(C)c1nc(C(=O)O)nn1-c1ccc(I)cc1Cl. The van der Waals surface area contributed by atoms with E-state index in [2.05, 4.69) is 32.7 Å². The van der Waals surface area contributed by atoms with Gasteiger partial charge in [0.2, 0.25) is 0 Å². The van der Waals surface area contributed by atoms with Gasteiger partial charge in [0.15, 0.2) is 0 Å². The summed E-state index contributed by atoms with van der Waals surface area (Å²) < 4.78 is 2.49. The summed E-state index contributed by atoms with van der Waals surface area (Å²) in [5.41, 5.74) is 0.268. The maximum absolute atomic E-state index is 11.1. The average molecular weight is 406 g/mol. The van der Waals surface area contributed by atoms with Gasteiger partial charge in [-0.3, -0.25) is 0 Å². The molecule has 0 aliphatic carbocycles. The monoisotopic (exact) mass is 405 g/mol. The fourth-order valence-electron chi connectivity index (χ4n) is 1.71. The normalized spacial score (nSPS) is 11.7. The van der Waals surface area contributed by atoms with E-state index in [1.807, 2.05) is 26.8 Å². The van der Waals surface area contributed by atoms with Gasteiger partial charge in [0, 0.05) is 8.99 Å². The van der Waals surface area contributed by atoms with Crippen LogP contribution in [0.4, 0.5) is 0 Å². The number of aromatic carboxylic acids is 1. The van der Waals surface area contributed by atoms with Crippen molar-refractivity contribution in [3.8, 4) is 5.69 Å². The van der Waals surface area contributed by atoms with E-state index in [4.69, 9.17) is 16.7 Å². The lowest BCUT2D eigenvalue weighted by atomic mass is 9.95. The number of halogens is 2. The molecule has 0 unspecified atom stereocenters. The molecule has 0 bridgehead atoms. The number of rotatable bonds is 2. The fraction of sp³-hybridized carbons (Fsp3) is 0.308. The molecule has 0 atom stereocenters. The van der Waals surface area contributed by atoms with E-state index in [0.717, 1.165) is 3.57 Å². The first-order valence-electron chi connectivity index (χ1n) is 5.86. The van der Waals surface area contributed by atoms with Gasteiger partial charge in [-0.1, -0.05) is 32.4 Å². The highest BCUT2D eigenvalue weighted by Gasteiger charge is 2.26. The summed E-state index contributed by atoms with van der Waals surface area (Å²) in [5, 5.41) is 13.6. The van der Waals surface area contributed by atoms with E-state index >= 15 is 0 Å². The Hall–Kier alpha value is -1.15. The van der Waals surface area contributed by atoms with E-state index in [1.165, 1.54) is 4.68 Å². The van der Waals surface area contributed by atoms with Crippen molar-refractivity contribution in [2.45, 2.75) is 26.2 Å². The van der Waals surface area contributed by atoms with Crippen molar-refractivity contribution in [1.82, 2.24) is 14.8 Å². The molecule has 20 heavy (non-hydrogen) atoms. The summed E-state index contributed by atoms with van der Waals surface area (Å²) in [6.45, 7) is 5.83. The summed E-state index contributed by atoms with van der Waals surface area (Å²) >= 11 is 8.39. The summed E-state index contributed by atoms with van der Waals surface area (Å²) in [6.07, 6.45) is 0. The minimum atomic E-state index is -1.16. The van der Waals surface area contributed by atoms with Gasteiger partial charge >= 0.3 is 5.97 Å². The zero-order valence-electron chi connectivity index (χ0n) is 11.2. The minimum Gasteiger partial charge on any atom is -0.475 e. The van der Waals surface area contributed by atoms with Crippen LogP contribution < -0.4 is 0 Å². The Morgan fingerprint density at radius 3 is 2.55 bits per heavy atom. The average Bonchev–Trinajstić information content (AvgIpc) is 2.73. The van der Waals surface area contributed by atoms with E-state index in [0.29, 0.717) is 16.5 Å². The number of carboxylic acid groups (broad SMARTS) is 1. The van der Waals surface area contributed by atoms with Gasteiger partial charge in [0.1, 0.15) is 5.82 Å². The molecule has 0 amide bonds. The molecule has 2 rings (SSSR count). The van der Waals surface area contributed by atoms with E-state index < -0.39 is 5.97 Å². The van der Waals surface area contributed by atoms with Gasteiger partial charge in [-0.25, -0.2) is 14.5 Å². The maximum Gasteiger partial charge on any atom is 0.375 e. The van der Waals surface area contributed by atoms with Crippen LogP contribution >= 0.6 is 34.2 Å². The van der Waals surface area contributed by atoms with Gasteiger partial charge < -0.3 is 5.11 Å². The van der Waals surface area contributed by atoms with Crippen molar-refractivity contribution in [1.29, 1.82) is 0 Å². The Balaban J connectivity index is 2.69. The molecule has 1 aromatic heterocycles. The van der Waals surface area contributed by atoms with E-state index in [9.17, 15) is 4.79 Å². The quantitative estimate of drug-likeness (QED) is 0.776. The van der Waals surface area contributed by atoms with Crippen LogP contribution in [0.15, 0.2) is 18.2 Å². The first-order chi connectivity index (χ1) is 9.20. The molecule has 2 aromatic rings. The Kier molecular flexibility index (Phi) is 4.06. The zero-order chi connectivity index (χ0) is 15.1. The smallest absolute Gasteiger partial charge is 0.375 e. The molecular weight excluding hydrogens is 393 g/mol. The van der Waals surface area contributed by atoms with Gasteiger partial charge in [0.05, 0.1) is 10.7 Å². The van der Waals surface area contributed by atoms with Crippen molar-refractivity contribution in [2.75, 3.05) is 0 Å². The van der Waals surface area contributed by atoms with E-state index in [-0.39, 0.29) is 11.2 Å². The highest BCUT2D eigenvalue weighted by Crippen LogP contribution is 2.28. The number of aromatic nitrogens is 3. The van der Waals surface area contributed by atoms with Crippen LogP contribution in [0, 0.1) is 3.57 Å². The summed E-state index contributed by atoms with van der Waals surface area (Å²) in [4.78, 5) is 15.2. The number of hydrogen-bond donors (Lipinski definition) is 1. The second kappa shape index (κ2) is 5.33. The number of benzene rings is 1. The Labute approximate surface area is 135 Å². The summed E-state index contributed by atoms with van der Waals surface area (Å²) in [6, 6.07) is 5.49. The molecule has 0 saturated heterocycles. The molecule has 0 spiro atoms. The number of carboxylic acids is 1. The van der Waals surface area contributed by atoms with Crippen LogP contribution in [0.1, 0.15) is 37.2 Å². The van der Waals surface area contributed by atoms with Crippen LogP contribution in [0.5, 0.6) is 0 Å². The molecule has 1 heterocycles. The predicted molar refractivity (Wildman–Crippen MR) is 84.7 cm³/mol. The highest BCUT2D eigenvalue weighted by atomic mass is 127. The summed E-state index contributed by atoms with van der Waals surface area (Å²) in [5.74, 6) is -0.835. The second-order valence-corrected chi connectivity index (χ2v) is 6.97. The number of hydrogen-bond acceptors (Lipinski definition) is 3. The van der Waals surface area contributed by atoms with Crippen LogP contribution in [0.3, 0.4) is 0 Å². The lowest BCUT2D eigenvalue weighted by Gasteiger charge is -2.18. The van der Waals surface area contributed by atoms with Crippen molar-refractivity contribution in [3.63, 3.8) is 0 Å². The van der Waals surface area contributed by atoms with Crippen LogP contribution in [0.2, 0.25) is 5.02 Å². The molecule has 5 nitrogen and oxygen atoms in total. The maximum atomic E-state index is 11.1. The molecule has 0 aliphatic heterocycles. The predicted octanol–water partition coefficient (Wildman–Crippen LogP) is 3.52. The number of carbonyl (C=O) groups is 1. The Bertz CT molecular complexity index is 677. The van der Waals surface area contributed by atoms with Crippen LogP contribution in [-0.4, -0.2) is 25.8 Å². The largest absolute Gasteiger partial charge is 0.475 e. The fourth-order valence-corrected chi connectivity index (χ4v) is 2.65. The third-order valence-electron chi connectivity index (χ3n) is 2.61. The molecule has 106 valence electrons. The lowest BCUT2D eigenvalue weighted by molar-refractivity contribution is 0.0683. The van der Waals surface area contributed by atoms with Crippen LogP contribution in [0.25, 0.3) is 5.69 Å². The molecule has 7 heteroatoms. The molecule has 0 aliphatic rings. The van der Waals surface area contributed by atoms with Gasteiger partial charge in [-0.05, 0) is 40.8 Å². The second-order valence-electron chi connectivity index (χ2n) is 5.32. The molecule has 0 radical (unpaired) electrons. The summed E-state index contributed by atoms with van der Waals surface area (Å²) in [7, 11) is 0. The molecule has 1 aromatic carbocycles. The highest BCUT2D eigenvalue weighted by molar-refractivity contribution is 14.1. The molecule has 1 N–H and O–H groups in total. The first kappa shape index (κ1) is 15.2. The first-order valence-corrected chi connectivity index (χ1v) is 7.32. The van der Waals surface area contributed by atoms with Gasteiger partial charge in [-0.15, -0.1) is 5.10 Å². The van der Waals surface area contributed by atoms with Crippen molar-refractivity contribution in [2.24, 2.45) is 0 Å². The topological polar surface area (TPSA) is 68.0 Å². The molecule has 0 fully saturated rings. The van der Waals surface area contributed by atoms with Crippen LogP contribution in [-0.2, 0) is 5.41 Å². The number of nitrogens with zero attached hydrogens (tertiary/aromatic N) is 3. The third kappa shape index (κ3) is 2.95. The zero-order valence-corrected chi connectivity index (χ0v) is 14.1. The molecule has 0 saturated carbocycles. The minimum absolute atomic E-state index is 0.232. The van der Waals surface area contributed by atoms with Gasteiger partial charge in [-0.2, -0.15) is 0 Å².